The van der Waals surface area contributed by atoms with Crippen molar-refractivity contribution in [3.05, 3.63) is 35.9 Å². The highest BCUT2D eigenvalue weighted by Gasteiger charge is 2.24. The van der Waals surface area contributed by atoms with E-state index in [2.05, 4.69) is 36.5 Å². The van der Waals surface area contributed by atoms with E-state index in [1.807, 2.05) is 6.07 Å². The lowest BCUT2D eigenvalue weighted by atomic mass is 10.1. The number of rotatable bonds is 7. The summed E-state index contributed by atoms with van der Waals surface area (Å²) >= 11 is 0. The first-order valence-corrected chi connectivity index (χ1v) is 8.85. The molecular weight excluding hydrogens is 254 g/mol. The summed E-state index contributed by atoms with van der Waals surface area (Å²) in [4.78, 5) is 0. The van der Waals surface area contributed by atoms with Crippen molar-refractivity contribution in [2.45, 2.75) is 50.3 Å². The van der Waals surface area contributed by atoms with E-state index in [4.69, 9.17) is 0 Å². The van der Waals surface area contributed by atoms with Crippen molar-refractivity contribution in [1.82, 2.24) is 5.32 Å². The molecule has 2 rings (SSSR count). The molecule has 1 fully saturated rings. The Morgan fingerprint density at radius 3 is 2.58 bits per heavy atom. The SMILES string of the molecule is CCCNC(CS(=O)C1CCCC1)c1ccccc1. The van der Waals surface area contributed by atoms with Crippen molar-refractivity contribution < 1.29 is 4.21 Å². The molecule has 1 aliphatic rings. The van der Waals surface area contributed by atoms with Gasteiger partial charge in [-0.15, -0.1) is 0 Å². The molecule has 0 saturated heterocycles. The minimum absolute atomic E-state index is 0.239. The summed E-state index contributed by atoms with van der Waals surface area (Å²) in [5.41, 5.74) is 1.27. The van der Waals surface area contributed by atoms with Gasteiger partial charge in [-0.05, 0) is 31.4 Å². The molecule has 1 aliphatic carbocycles. The number of benzene rings is 1. The first-order valence-electron chi connectivity index (χ1n) is 7.46. The fourth-order valence-corrected chi connectivity index (χ4v) is 4.50. The quantitative estimate of drug-likeness (QED) is 0.828. The molecule has 1 aromatic carbocycles. The lowest BCUT2D eigenvalue weighted by Gasteiger charge is -2.20. The van der Waals surface area contributed by atoms with E-state index in [9.17, 15) is 4.21 Å². The summed E-state index contributed by atoms with van der Waals surface area (Å²) in [7, 11) is -0.692. The van der Waals surface area contributed by atoms with Crippen LogP contribution in [0.1, 0.15) is 50.6 Å². The molecule has 2 unspecified atom stereocenters. The van der Waals surface area contributed by atoms with Crippen LogP contribution in [0.2, 0.25) is 0 Å². The Morgan fingerprint density at radius 2 is 1.95 bits per heavy atom. The van der Waals surface area contributed by atoms with Crippen molar-refractivity contribution in [2.75, 3.05) is 12.3 Å². The predicted molar refractivity (Wildman–Crippen MR) is 82.7 cm³/mol. The third-order valence-corrected chi connectivity index (χ3v) is 5.72. The second-order valence-electron chi connectivity index (χ2n) is 5.37. The second kappa shape index (κ2) is 7.81. The average Bonchev–Trinajstić information content (AvgIpc) is 2.98. The standard InChI is InChI=1S/C16H25NOS/c1-2-12-17-16(14-8-4-3-5-9-14)13-19(18)15-10-6-7-11-15/h3-5,8-9,15-17H,2,6-7,10-13H2,1H3. The Bertz CT molecular complexity index is 387. The number of hydrogen-bond donors (Lipinski definition) is 1. The fourth-order valence-electron chi connectivity index (χ4n) is 2.73. The molecule has 1 N–H and O–H groups in total. The second-order valence-corrected chi connectivity index (χ2v) is 7.13. The van der Waals surface area contributed by atoms with Gasteiger partial charge in [-0.25, -0.2) is 0 Å². The first-order chi connectivity index (χ1) is 9.31. The molecule has 3 heteroatoms. The molecule has 0 heterocycles. The summed E-state index contributed by atoms with van der Waals surface area (Å²) < 4.78 is 12.5. The van der Waals surface area contributed by atoms with Crippen LogP contribution in [0.4, 0.5) is 0 Å². The van der Waals surface area contributed by atoms with Crippen LogP contribution in [0.5, 0.6) is 0 Å². The molecule has 0 spiro atoms. The van der Waals surface area contributed by atoms with E-state index < -0.39 is 10.8 Å². The molecule has 19 heavy (non-hydrogen) atoms. The van der Waals surface area contributed by atoms with Crippen LogP contribution in [0, 0.1) is 0 Å². The van der Waals surface area contributed by atoms with Crippen LogP contribution in [0.3, 0.4) is 0 Å². The molecule has 0 bridgehead atoms. The zero-order valence-electron chi connectivity index (χ0n) is 11.8. The van der Waals surface area contributed by atoms with Crippen molar-refractivity contribution >= 4 is 10.8 Å². The first kappa shape index (κ1) is 14.7. The Balaban J connectivity index is 1.99. The van der Waals surface area contributed by atoms with Gasteiger partial charge >= 0.3 is 0 Å². The van der Waals surface area contributed by atoms with Crippen LogP contribution in [-0.4, -0.2) is 21.8 Å². The molecular formula is C16H25NOS. The van der Waals surface area contributed by atoms with Gasteiger partial charge in [0.1, 0.15) is 0 Å². The largest absolute Gasteiger partial charge is 0.309 e. The van der Waals surface area contributed by atoms with E-state index >= 15 is 0 Å². The Kier molecular flexibility index (Phi) is 6.05. The van der Waals surface area contributed by atoms with E-state index in [0.29, 0.717) is 5.25 Å². The van der Waals surface area contributed by atoms with Gasteiger partial charge in [-0.3, -0.25) is 4.21 Å². The van der Waals surface area contributed by atoms with Crippen molar-refractivity contribution in [2.24, 2.45) is 0 Å². The smallest absolute Gasteiger partial charge is 0.0436 e. The predicted octanol–water partition coefficient (Wildman–Crippen LogP) is 3.42. The summed E-state index contributed by atoms with van der Waals surface area (Å²) in [5, 5.41) is 3.99. The molecule has 1 saturated carbocycles. The van der Waals surface area contributed by atoms with E-state index in [1.54, 1.807) is 0 Å². The maximum atomic E-state index is 12.5. The topological polar surface area (TPSA) is 29.1 Å². The summed E-state index contributed by atoms with van der Waals surface area (Å²) in [6, 6.07) is 10.7. The number of hydrogen-bond acceptors (Lipinski definition) is 2. The van der Waals surface area contributed by atoms with Crippen LogP contribution in [-0.2, 0) is 10.8 Å². The average molecular weight is 279 g/mol. The van der Waals surface area contributed by atoms with Gasteiger partial charge in [-0.1, -0.05) is 50.1 Å². The van der Waals surface area contributed by atoms with Gasteiger partial charge in [0.15, 0.2) is 0 Å². The molecule has 0 aliphatic heterocycles. The summed E-state index contributed by atoms with van der Waals surface area (Å²) in [6.07, 6.45) is 5.94. The lowest BCUT2D eigenvalue weighted by molar-refractivity contribution is 0.567. The van der Waals surface area contributed by atoms with Crippen molar-refractivity contribution in [3.8, 4) is 0 Å². The van der Waals surface area contributed by atoms with Crippen molar-refractivity contribution in [1.29, 1.82) is 0 Å². The monoisotopic (exact) mass is 279 g/mol. The number of nitrogens with one attached hydrogen (secondary N) is 1. The molecule has 2 atom stereocenters. The minimum atomic E-state index is -0.692. The van der Waals surface area contributed by atoms with Gasteiger partial charge in [0.25, 0.3) is 0 Å². The Hall–Kier alpha value is -0.670. The normalized spacial score (nSPS) is 19.4. The van der Waals surface area contributed by atoms with Gasteiger partial charge < -0.3 is 5.32 Å². The minimum Gasteiger partial charge on any atom is -0.309 e. The van der Waals surface area contributed by atoms with E-state index in [-0.39, 0.29) is 6.04 Å². The summed E-state index contributed by atoms with van der Waals surface area (Å²) in [6.45, 7) is 3.16. The zero-order valence-corrected chi connectivity index (χ0v) is 12.6. The van der Waals surface area contributed by atoms with Crippen LogP contribution in [0.15, 0.2) is 30.3 Å². The molecule has 1 aromatic rings. The highest BCUT2D eigenvalue weighted by Crippen LogP contribution is 2.25. The highest BCUT2D eigenvalue weighted by molar-refractivity contribution is 7.85. The Labute approximate surface area is 119 Å². The van der Waals surface area contributed by atoms with Gasteiger partial charge in [0.05, 0.1) is 0 Å². The fraction of sp³-hybridized carbons (Fsp3) is 0.625. The third kappa shape index (κ3) is 4.43. The maximum Gasteiger partial charge on any atom is 0.0436 e. The van der Waals surface area contributed by atoms with Crippen LogP contribution in [0.25, 0.3) is 0 Å². The summed E-state index contributed by atoms with van der Waals surface area (Å²) in [5.74, 6) is 0.759. The maximum absolute atomic E-state index is 12.5. The van der Waals surface area contributed by atoms with E-state index in [0.717, 1.165) is 31.6 Å². The lowest BCUT2D eigenvalue weighted by Crippen LogP contribution is -2.29. The molecule has 0 radical (unpaired) electrons. The zero-order chi connectivity index (χ0) is 13.5. The van der Waals surface area contributed by atoms with Gasteiger partial charge in [0, 0.05) is 27.8 Å². The molecule has 106 valence electrons. The van der Waals surface area contributed by atoms with Crippen LogP contribution < -0.4 is 5.32 Å². The molecule has 0 aromatic heterocycles. The highest BCUT2D eigenvalue weighted by atomic mass is 32.2. The van der Waals surface area contributed by atoms with Crippen LogP contribution >= 0.6 is 0 Å². The molecule has 0 amide bonds. The van der Waals surface area contributed by atoms with Gasteiger partial charge in [-0.2, -0.15) is 0 Å². The van der Waals surface area contributed by atoms with Gasteiger partial charge in [0.2, 0.25) is 0 Å². The molecule has 2 nitrogen and oxygen atoms in total. The van der Waals surface area contributed by atoms with Crippen molar-refractivity contribution in [3.63, 3.8) is 0 Å². The third-order valence-electron chi connectivity index (χ3n) is 3.85. The Morgan fingerprint density at radius 1 is 1.26 bits per heavy atom. The van der Waals surface area contributed by atoms with E-state index in [1.165, 1.54) is 18.4 Å².